The summed E-state index contributed by atoms with van der Waals surface area (Å²) in [5, 5.41) is 5.72. The molecule has 0 aliphatic carbocycles. The van der Waals surface area contributed by atoms with E-state index in [1.807, 2.05) is 36.6 Å². The number of hydrogen-bond donors (Lipinski definition) is 1. The van der Waals surface area contributed by atoms with Crippen LogP contribution in [-0.2, 0) is 20.8 Å². The van der Waals surface area contributed by atoms with Crippen molar-refractivity contribution in [3.8, 4) is 11.1 Å². The number of nitrogens with zero attached hydrogens (tertiary/aromatic N) is 3. The van der Waals surface area contributed by atoms with E-state index in [0.717, 1.165) is 61.9 Å². The predicted octanol–water partition coefficient (Wildman–Crippen LogP) is 2.68. The van der Waals surface area contributed by atoms with E-state index in [1.165, 1.54) is 16.9 Å². The van der Waals surface area contributed by atoms with Crippen LogP contribution in [0.25, 0.3) is 21.3 Å². The van der Waals surface area contributed by atoms with Gasteiger partial charge < -0.3 is 14.8 Å². The van der Waals surface area contributed by atoms with Gasteiger partial charge in [-0.25, -0.2) is 4.98 Å². The second kappa shape index (κ2) is 11.0. The molecule has 0 bridgehead atoms. The fourth-order valence-electron chi connectivity index (χ4n) is 4.96. The molecular formula is C26H32N4O4S. The summed E-state index contributed by atoms with van der Waals surface area (Å²) in [5.41, 5.74) is 2.97. The minimum atomic E-state index is -0.103. The standard InChI is InChI=1S/C26H32N4O4S/c1-18-2-4-19(5-3-18)21-16-35-25-24(21)26(32)30(17-28-25)8-6-23(31)27-14-22(20-7-11-34-15-20)29-9-12-33-13-10-29/h2-5,16-17,20,22H,6-15H2,1H3,(H,27,31). The number of nitrogens with one attached hydrogen (secondary N) is 1. The molecule has 9 heteroatoms. The van der Waals surface area contributed by atoms with Crippen LogP contribution in [0.3, 0.4) is 0 Å². The normalized spacial score (nSPS) is 19.7. The van der Waals surface area contributed by atoms with Crippen molar-refractivity contribution in [3.63, 3.8) is 0 Å². The topological polar surface area (TPSA) is 85.7 Å². The Hall–Kier alpha value is -2.59. The molecular weight excluding hydrogens is 464 g/mol. The highest BCUT2D eigenvalue weighted by Gasteiger charge is 2.31. The maximum absolute atomic E-state index is 13.3. The smallest absolute Gasteiger partial charge is 0.262 e. The summed E-state index contributed by atoms with van der Waals surface area (Å²) in [6.07, 6.45) is 2.80. The minimum Gasteiger partial charge on any atom is -0.381 e. The zero-order chi connectivity index (χ0) is 24.2. The molecule has 2 aromatic heterocycles. The van der Waals surface area contributed by atoms with Gasteiger partial charge in [-0.1, -0.05) is 29.8 Å². The molecule has 2 saturated heterocycles. The molecule has 0 radical (unpaired) electrons. The maximum Gasteiger partial charge on any atom is 0.262 e. The van der Waals surface area contributed by atoms with Crippen LogP contribution < -0.4 is 10.9 Å². The first kappa shape index (κ1) is 24.1. The van der Waals surface area contributed by atoms with E-state index in [0.29, 0.717) is 24.4 Å². The van der Waals surface area contributed by atoms with E-state index in [2.05, 4.69) is 15.2 Å². The molecule has 1 aromatic carbocycles. The van der Waals surface area contributed by atoms with Crippen LogP contribution in [0.2, 0.25) is 0 Å². The summed E-state index contributed by atoms with van der Waals surface area (Å²) in [6.45, 7) is 7.65. The van der Waals surface area contributed by atoms with Gasteiger partial charge in [0.1, 0.15) is 4.83 Å². The van der Waals surface area contributed by atoms with E-state index in [-0.39, 0.29) is 23.9 Å². The Kier molecular flexibility index (Phi) is 7.57. The van der Waals surface area contributed by atoms with Crippen LogP contribution in [0.15, 0.2) is 40.8 Å². The van der Waals surface area contributed by atoms with Crippen molar-refractivity contribution in [2.24, 2.45) is 5.92 Å². The number of rotatable bonds is 8. The van der Waals surface area contributed by atoms with Crippen LogP contribution in [0, 0.1) is 12.8 Å². The molecule has 2 unspecified atom stereocenters. The third-order valence-electron chi connectivity index (χ3n) is 7.04. The van der Waals surface area contributed by atoms with Crippen molar-refractivity contribution >= 4 is 27.5 Å². The lowest BCUT2D eigenvalue weighted by molar-refractivity contribution is -0.121. The van der Waals surface area contributed by atoms with E-state index in [9.17, 15) is 9.59 Å². The number of hydrogen-bond acceptors (Lipinski definition) is 7. The highest BCUT2D eigenvalue weighted by molar-refractivity contribution is 7.17. The van der Waals surface area contributed by atoms with Crippen LogP contribution >= 0.6 is 11.3 Å². The molecule has 0 spiro atoms. The largest absolute Gasteiger partial charge is 0.381 e. The molecule has 1 amide bonds. The molecule has 3 aromatic rings. The Morgan fingerprint density at radius 2 is 2.00 bits per heavy atom. The summed E-state index contributed by atoms with van der Waals surface area (Å²) in [4.78, 5) is 33.6. The molecule has 5 rings (SSSR count). The highest BCUT2D eigenvalue weighted by atomic mass is 32.1. The second-order valence-corrected chi connectivity index (χ2v) is 10.2. The van der Waals surface area contributed by atoms with Gasteiger partial charge in [0.25, 0.3) is 5.56 Å². The number of aryl methyl sites for hydroxylation is 2. The van der Waals surface area contributed by atoms with Gasteiger partial charge in [0.2, 0.25) is 5.91 Å². The lowest BCUT2D eigenvalue weighted by Gasteiger charge is -2.37. The van der Waals surface area contributed by atoms with Gasteiger partial charge in [-0.05, 0) is 18.9 Å². The molecule has 186 valence electrons. The third kappa shape index (κ3) is 5.48. The summed E-state index contributed by atoms with van der Waals surface area (Å²) in [7, 11) is 0. The van der Waals surface area contributed by atoms with Crippen LogP contribution in [0.5, 0.6) is 0 Å². The summed E-state index contributed by atoms with van der Waals surface area (Å²) < 4.78 is 12.7. The molecule has 4 heterocycles. The first-order chi connectivity index (χ1) is 17.1. The highest BCUT2D eigenvalue weighted by Crippen LogP contribution is 2.30. The molecule has 2 fully saturated rings. The first-order valence-corrected chi connectivity index (χ1v) is 13.2. The van der Waals surface area contributed by atoms with Gasteiger partial charge in [-0.15, -0.1) is 11.3 Å². The predicted molar refractivity (Wildman–Crippen MR) is 137 cm³/mol. The van der Waals surface area contributed by atoms with Crippen LogP contribution in [-0.4, -0.2) is 72.5 Å². The summed E-state index contributed by atoms with van der Waals surface area (Å²) in [6, 6.07) is 8.39. The van der Waals surface area contributed by atoms with Crippen LogP contribution in [0.4, 0.5) is 0 Å². The molecule has 8 nitrogen and oxygen atoms in total. The fraction of sp³-hybridized carbons (Fsp3) is 0.500. The van der Waals surface area contributed by atoms with Gasteiger partial charge >= 0.3 is 0 Å². The lowest BCUT2D eigenvalue weighted by Crippen LogP contribution is -2.52. The average Bonchev–Trinajstić information content (AvgIpc) is 3.56. The van der Waals surface area contributed by atoms with Crippen molar-refractivity contribution in [2.45, 2.75) is 32.4 Å². The zero-order valence-electron chi connectivity index (χ0n) is 20.1. The van der Waals surface area contributed by atoms with Gasteiger partial charge in [0, 0.05) is 62.1 Å². The number of ether oxygens (including phenoxy) is 2. The lowest BCUT2D eigenvalue weighted by atomic mass is 9.97. The maximum atomic E-state index is 13.3. The number of amides is 1. The fourth-order valence-corrected chi connectivity index (χ4v) is 5.87. The zero-order valence-corrected chi connectivity index (χ0v) is 20.9. The van der Waals surface area contributed by atoms with Crippen LogP contribution in [0.1, 0.15) is 18.4 Å². The number of thiophene rings is 1. The Balaban J connectivity index is 1.24. The summed E-state index contributed by atoms with van der Waals surface area (Å²) in [5.74, 6) is 0.361. The quantitative estimate of drug-likeness (QED) is 0.516. The molecule has 35 heavy (non-hydrogen) atoms. The average molecular weight is 497 g/mol. The number of aromatic nitrogens is 2. The molecule has 1 N–H and O–H groups in total. The summed E-state index contributed by atoms with van der Waals surface area (Å²) >= 11 is 1.47. The van der Waals surface area contributed by atoms with Crippen molar-refractivity contribution in [1.82, 2.24) is 19.8 Å². The number of benzene rings is 1. The van der Waals surface area contributed by atoms with Crippen molar-refractivity contribution < 1.29 is 14.3 Å². The first-order valence-electron chi connectivity index (χ1n) is 12.3. The molecule has 2 atom stereocenters. The number of carbonyl (C=O) groups is 1. The third-order valence-corrected chi connectivity index (χ3v) is 7.92. The van der Waals surface area contributed by atoms with Crippen molar-refractivity contribution in [1.29, 1.82) is 0 Å². The Labute approximate surface area is 208 Å². The number of fused-ring (bicyclic) bond motifs is 1. The minimum absolute atomic E-state index is 0.0572. The van der Waals surface area contributed by atoms with Crippen molar-refractivity contribution in [2.75, 3.05) is 46.1 Å². The van der Waals surface area contributed by atoms with Gasteiger partial charge in [-0.3, -0.25) is 19.1 Å². The van der Waals surface area contributed by atoms with E-state index < -0.39 is 0 Å². The van der Waals surface area contributed by atoms with Crippen molar-refractivity contribution in [3.05, 3.63) is 51.9 Å². The Morgan fingerprint density at radius 1 is 1.20 bits per heavy atom. The number of carbonyl (C=O) groups excluding carboxylic acids is 1. The van der Waals surface area contributed by atoms with Gasteiger partial charge in [-0.2, -0.15) is 0 Å². The number of morpholine rings is 1. The van der Waals surface area contributed by atoms with Gasteiger partial charge in [0.15, 0.2) is 0 Å². The van der Waals surface area contributed by atoms with Gasteiger partial charge in [0.05, 0.1) is 31.5 Å². The molecule has 2 aliphatic heterocycles. The Morgan fingerprint density at radius 3 is 2.74 bits per heavy atom. The van der Waals surface area contributed by atoms with E-state index in [1.54, 1.807) is 10.9 Å². The second-order valence-electron chi connectivity index (χ2n) is 9.33. The van der Waals surface area contributed by atoms with E-state index in [4.69, 9.17) is 9.47 Å². The monoisotopic (exact) mass is 496 g/mol. The Bertz CT molecular complexity index is 1210. The molecule has 2 aliphatic rings. The van der Waals surface area contributed by atoms with E-state index >= 15 is 0 Å². The molecule has 0 saturated carbocycles. The SMILES string of the molecule is Cc1ccc(-c2csc3ncn(CCC(=O)NCC(C4CCOC4)N4CCOCC4)c(=O)c23)cc1.